The summed E-state index contributed by atoms with van der Waals surface area (Å²) in [5, 5.41) is 2.67. The number of amides is 1. The molecule has 1 amide bonds. The van der Waals surface area contributed by atoms with Crippen molar-refractivity contribution >= 4 is 29.2 Å². The van der Waals surface area contributed by atoms with E-state index in [2.05, 4.69) is 10.3 Å². The number of ether oxygens (including phenoxy) is 2. The molecule has 2 rings (SSSR count). The molecule has 0 unspecified atom stereocenters. The number of methoxy groups -OCH3 is 1. The van der Waals surface area contributed by atoms with Crippen LogP contribution in [0.25, 0.3) is 0 Å². The number of pyridine rings is 1. The van der Waals surface area contributed by atoms with Crippen molar-refractivity contribution in [3.05, 3.63) is 53.3 Å². The standard InChI is InChI=1S/C16H15ClN2O4/c1-10(23-16(21)13-7-4-8-18-14(13)17)15(20)19-11-5-3-6-12(9-11)22-2/h3-10H,1-2H3,(H,19,20)/t10-/m1/s1. The minimum absolute atomic E-state index is 0.0258. The van der Waals surface area contributed by atoms with E-state index in [9.17, 15) is 9.59 Å². The van der Waals surface area contributed by atoms with Crippen LogP contribution in [0.15, 0.2) is 42.6 Å². The first-order chi connectivity index (χ1) is 11.0. The fourth-order valence-corrected chi connectivity index (χ4v) is 1.96. The van der Waals surface area contributed by atoms with E-state index in [-0.39, 0.29) is 10.7 Å². The Hall–Kier alpha value is -2.60. The Balaban J connectivity index is 1.99. The highest BCUT2D eigenvalue weighted by Crippen LogP contribution is 2.18. The number of esters is 1. The molecule has 0 saturated heterocycles. The highest BCUT2D eigenvalue weighted by molar-refractivity contribution is 6.32. The molecule has 1 atom stereocenters. The Labute approximate surface area is 138 Å². The van der Waals surface area contributed by atoms with Crippen molar-refractivity contribution in [3.8, 4) is 5.75 Å². The molecule has 0 aliphatic rings. The van der Waals surface area contributed by atoms with Gasteiger partial charge in [-0.3, -0.25) is 4.79 Å². The van der Waals surface area contributed by atoms with Crippen molar-refractivity contribution in [2.75, 3.05) is 12.4 Å². The van der Waals surface area contributed by atoms with Crippen LogP contribution in [0.2, 0.25) is 5.15 Å². The summed E-state index contributed by atoms with van der Waals surface area (Å²) >= 11 is 5.82. The van der Waals surface area contributed by atoms with Crippen LogP contribution in [-0.4, -0.2) is 30.1 Å². The van der Waals surface area contributed by atoms with Gasteiger partial charge in [0, 0.05) is 18.0 Å². The van der Waals surface area contributed by atoms with Gasteiger partial charge in [-0.15, -0.1) is 0 Å². The van der Waals surface area contributed by atoms with Crippen LogP contribution < -0.4 is 10.1 Å². The van der Waals surface area contributed by atoms with Gasteiger partial charge < -0.3 is 14.8 Å². The maximum absolute atomic E-state index is 12.1. The van der Waals surface area contributed by atoms with Crippen LogP contribution in [0.3, 0.4) is 0 Å². The molecule has 0 aliphatic carbocycles. The van der Waals surface area contributed by atoms with Crippen LogP contribution in [0.1, 0.15) is 17.3 Å². The lowest BCUT2D eigenvalue weighted by Crippen LogP contribution is -2.30. The smallest absolute Gasteiger partial charge is 0.342 e. The summed E-state index contributed by atoms with van der Waals surface area (Å²) < 4.78 is 10.2. The predicted molar refractivity (Wildman–Crippen MR) is 85.7 cm³/mol. The average molecular weight is 335 g/mol. The van der Waals surface area contributed by atoms with Crippen LogP contribution in [-0.2, 0) is 9.53 Å². The van der Waals surface area contributed by atoms with Crippen LogP contribution in [0.5, 0.6) is 5.75 Å². The SMILES string of the molecule is COc1cccc(NC(=O)[C@@H](C)OC(=O)c2cccnc2Cl)c1. The molecule has 120 valence electrons. The Kier molecular flexibility index (Phi) is 5.54. The van der Waals surface area contributed by atoms with Gasteiger partial charge in [-0.1, -0.05) is 17.7 Å². The lowest BCUT2D eigenvalue weighted by atomic mass is 10.2. The third kappa shape index (κ3) is 4.43. The van der Waals surface area contributed by atoms with Crippen molar-refractivity contribution in [1.29, 1.82) is 0 Å². The molecule has 7 heteroatoms. The highest BCUT2D eigenvalue weighted by Gasteiger charge is 2.21. The summed E-state index contributed by atoms with van der Waals surface area (Å²) in [6.07, 6.45) is 0.461. The molecule has 0 fully saturated rings. The number of benzene rings is 1. The fourth-order valence-electron chi connectivity index (χ4n) is 1.76. The second-order valence-electron chi connectivity index (χ2n) is 4.61. The van der Waals surface area contributed by atoms with Gasteiger partial charge in [0.25, 0.3) is 5.91 Å². The van der Waals surface area contributed by atoms with Crippen molar-refractivity contribution in [3.63, 3.8) is 0 Å². The van der Waals surface area contributed by atoms with Gasteiger partial charge in [0.2, 0.25) is 0 Å². The normalized spacial score (nSPS) is 11.4. The number of nitrogens with one attached hydrogen (secondary N) is 1. The summed E-state index contributed by atoms with van der Waals surface area (Å²) in [7, 11) is 1.53. The second kappa shape index (κ2) is 7.60. The molecule has 0 spiro atoms. The fraction of sp³-hybridized carbons (Fsp3) is 0.188. The van der Waals surface area contributed by atoms with Crippen LogP contribution >= 0.6 is 11.6 Å². The Morgan fingerprint density at radius 2 is 2.04 bits per heavy atom. The molecule has 1 heterocycles. The lowest BCUT2D eigenvalue weighted by Gasteiger charge is -2.14. The first-order valence-corrected chi connectivity index (χ1v) is 7.15. The zero-order valence-electron chi connectivity index (χ0n) is 12.6. The van der Waals surface area contributed by atoms with E-state index in [1.165, 1.54) is 26.3 Å². The molecule has 2 aromatic rings. The molecular weight excluding hydrogens is 320 g/mol. The van der Waals surface area contributed by atoms with Crippen molar-refractivity contribution in [2.24, 2.45) is 0 Å². The number of aromatic nitrogens is 1. The van der Waals surface area contributed by atoms with E-state index in [0.717, 1.165) is 0 Å². The molecular formula is C16H15ClN2O4. The molecule has 23 heavy (non-hydrogen) atoms. The Morgan fingerprint density at radius 1 is 1.26 bits per heavy atom. The summed E-state index contributed by atoms with van der Waals surface area (Å²) in [6.45, 7) is 1.47. The second-order valence-corrected chi connectivity index (χ2v) is 4.97. The monoisotopic (exact) mass is 334 g/mol. The van der Waals surface area contributed by atoms with E-state index in [1.54, 1.807) is 30.3 Å². The molecule has 6 nitrogen and oxygen atoms in total. The Morgan fingerprint density at radius 3 is 2.74 bits per heavy atom. The van der Waals surface area contributed by atoms with Gasteiger partial charge in [-0.2, -0.15) is 0 Å². The largest absolute Gasteiger partial charge is 0.497 e. The van der Waals surface area contributed by atoms with Gasteiger partial charge >= 0.3 is 5.97 Å². The number of carbonyl (C=O) groups excluding carboxylic acids is 2. The first kappa shape index (κ1) is 16.8. The molecule has 0 radical (unpaired) electrons. The third-order valence-electron chi connectivity index (χ3n) is 2.97. The number of hydrogen-bond donors (Lipinski definition) is 1. The zero-order valence-corrected chi connectivity index (χ0v) is 13.3. The molecule has 0 bridgehead atoms. The van der Waals surface area contributed by atoms with Crippen molar-refractivity contribution in [1.82, 2.24) is 4.98 Å². The Bertz CT molecular complexity index is 721. The minimum atomic E-state index is -0.995. The summed E-state index contributed by atoms with van der Waals surface area (Å²) in [6, 6.07) is 9.88. The topological polar surface area (TPSA) is 77.5 Å². The number of halogens is 1. The maximum atomic E-state index is 12.1. The van der Waals surface area contributed by atoms with Gasteiger partial charge in [0.05, 0.1) is 12.7 Å². The molecule has 0 aliphatic heterocycles. The highest BCUT2D eigenvalue weighted by atomic mass is 35.5. The molecule has 1 aromatic carbocycles. The average Bonchev–Trinajstić information content (AvgIpc) is 2.55. The van der Waals surface area contributed by atoms with Crippen LogP contribution in [0, 0.1) is 0 Å². The minimum Gasteiger partial charge on any atom is -0.497 e. The first-order valence-electron chi connectivity index (χ1n) is 6.77. The van der Waals surface area contributed by atoms with Gasteiger partial charge in [0.15, 0.2) is 6.10 Å². The van der Waals surface area contributed by atoms with Crippen molar-refractivity contribution in [2.45, 2.75) is 13.0 Å². The summed E-state index contributed by atoms with van der Waals surface area (Å²) in [4.78, 5) is 27.9. The maximum Gasteiger partial charge on any atom is 0.342 e. The number of carbonyl (C=O) groups is 2. The third-order valence-corrected chi connectivity index (χ3v) is 3.27. The lowest BCUT2D eigenvalue weighted by molar-refractivity contribution is -0.123. The summed E-state index contributed by atoms with van der Waals surface area (Å²) in [5.74, 6) is -0.572. The van der Waals surface area contributed by atoms with Crippen LogP contribution in [0.4, 0.5) is 5.69 Å². The van der Waals surface area contributed by atoms with E-state index < -0.39 is 18.0 Å². The molecule has 1 N–H and O–H groups in total. The molecule has 1 aromatic heterocycles. The van der Waals surface area contributed by atoms with Gasteiger partial charge in [0.1, 0.15) is 10.9 Å². The molecule has 0 saturated carbocycles. The van der Waals surface area contributed by atoms with E-state index in [0.29, 0.717) is 11.4 Å². The zero-order chi connectivity index (χ0) is 16.8. The van der Waals surface area contributed by atoms with Crippen molar-refractivity contribution < 1.29 is 19.1 Å². The number of rotatable bonds is 5. The number of anilines is 1. The van der Waals surface area contributed by atoms with Gasteiger partial charge in [-0.25, -0.2) is 9.78 Å². The van der Waals surface area contributed by atoms with E-state index in [1.807, 2.05) is 0 Å². The van der Waals surface area contributed by atoms with E-state index in [4.69, 9.17) is 21.1 Å². The quantitative estimate of drug-likeness (QED) is 0.672. The predicted octanol–water partition coefficient (Wildman–Crippen LogP) is 2.93. The number of hydrogen-bond acceptors (Lipinski definition) is 5. The summed E-state index contributed by atoms with van der Waals surface area (Å²) in [5.41, 5.74) is 0.645. The number of nitrogens with zero attached hydrogens (tertiary/aromatic N) is 1. The van der Waals surface area contributed by atoms with E-state index >= 15 is 0 Å². The van der Waals surface area contributed by atoms with Gasteiger partial charge in [-0.05, 0) is 31.2 Å².